The lowest BCUT2D eigenvalue weighted by Gasteiger charge is -2.12. The quantitative estimate of drug-likeness (QED) is 0.208. The van der Waals surface area contributed by atoms with Gasteiger partial charge in [-0.05, 0) is 30.7 Å². The van der Waals surface area contributed by atoms with E-state index in [4.69, 9.17) is 28.2 Å². The number of halogens is 2. The second-order valence-electron chi connectivity index (χ2n) is 8.26. The molecular weight excluding hydrogens is 425 g/mol. The van der Waals surface area contributed by atoms with E-state index in [1.807, 2.05) is 24.3 Å². The van der Waals surface area contributed by atoms with Gasteiger partial charge in [0.15, 0.2) is 0 Å². The van der Waals surface area contributed by atoms with Crippen LogP contribution < -0.4 is 0 Å². The first-order chi connectivity index (χ1) is 15.1. The molecule has 0 spiro atoms. The van der Waals surface area contributed by atoms with Crippen molar-refractivity contribution in [1.29, 1.82) is 0 Å². The molecule has 0 saturated heterocycles. The van der Waals surface area contributed by atoms with Crippen LogP contribution in [0.3, 0.4) is 0 Å². The highest BCUT2D eigenvalue weighted by atomic mass is 35.5. The number of benzene rings is 2. The molecule has 0 aliphatic rings. The number of rotatable bonds is 15. The zero-order valence-corrected chi connectivity index (χ0v) is 20.4. The third-order valence-corrected chi connectivity index (χ3v) is 6.19. The molecule has 0 unspecified atom stereocenters. The van der Waals surface area contributed by atoms with Gasteiger partial charge in [0, 0.05) is 27.7 Å². The van der Waals surface area contributed by atoms with Crippen LogP contribution in [-0.4, -0.2) is 17.4 Å². The Morgan fingerprint density at radius 3 is 1.94 bits per heavy atom. The lowest BCUT2D eigenvalue weighted by atomic mass is 10.0. The van der Waals surface area contributed by atoms with E-state index < -0.39 is 0 Å². The van der Waals surface area contributed by atoms with Crippen LogP contribution in [0.1, 0.15) is 95.1 Å². The number of aliphatic imine (C=N–C) groups is 1. The number of aromatic hydroxyl groups is 1. The topological polar surface area (TPSA) is 32.6 Å². The minimum Gasteiger partial charge on any atom is -0.507 e. The summed E-state index contributed by atoms with van der Waals surface area (Å²) in [6.07, 6.45) is 15.8. The average molecular weight is 463 g/mol. The van der Waals surface area contributed by atoms with Gasteiger partial charge in [0.25, 0.3) is 0 Å². The molecule has 31 heavy (non-hydrogen) atoms. The Hall–Kier alpha value is -1.51. The Balaban J connectivity index is 1.79. The van der Waals surface area contributed by atoms with Crippen LogP contribution in [0.15, 0.2) is 47.5 Å². The molecule has 0 saturated carbocycles. The van der Waals surface area contributed by atoms with Crippen molar-refractivity contribution in [3.63, 3.8) is 0 Å². The molecule has 0 radical (unpaired) electrons. The van der Waals surface area contributed by atoms with Gasteiger partial charge >= 0.3 is 0 Å². The first-order valence-electron chi connectivity index (χ1n) is 11.9. The predicted molar refractivity (Wildman–Crippen MR) is 136 cm³/mol. The van der Waals surface area contributed by atoms with Crippen molar-refractivity contribution in [3.05, 3.63) is 63.6 Å². The Labute approximate surface area is 198 Å². The van der Waals surface area contributed by atoms with Crippen molar-refractivity contribution in [3.8, 4) is 5.75 Å². The molecule has 1 N–H and O–H groups in total. The van der Waals surface area contributed by atoms with Crippen LogP contribution in [0.5, 0.6) is 5.75 Å². The molecule has 2 aromatic carbocycles. The first kappa shape index (κ1) is 25.7. The van der Waals surface area contributed by atoms with Crippen molar-refractivity contribution in [1.82, 2.24) is 0 Å². The fraction of sp³-hybridized carbons (Fsp3) is 0.519. The average Bonchev–Trinajstić information content (AvgIpc) is 2.77. The van der Waals surface area contributed by atoms with Crippen molar-refractivity contribution in [2.24, 2.45) is 4.99 Å². The second-order valence-corrected chi connectivity index (χ2v) is 9.10. The minimum absolute atomic E-state index is 0.165. The summed E-state index contributed by atoms with van der Waals surface area (Å²) in [6.45, 7) is 2.98. The summed E-state index contributed by atoms with van der Waals surface area (Å²) in [4.78, 5) is 4.82. The fourth-order valence-corrected chi connectivity index (χ4v) is 4.21. The van der Waals surface area contributed by atoms with Gasteiger partial charge in [0.2, 0.25) is 0 Å². The normalized spacial score (nSPS) is 11.8. The zero-order chi connectivity index (χ0) is 22.3. The summed E-state index contributed by atoms with van der Waals surface area (Å²) in [5, 5.41) is 11.6. The number of phenolic OH excluding ortho intramolecular Hbond substituents is 1. The molecule has 0 amide bonds. The molecule has 0 fully saturated rings. The van der Waals surface area contributed by atoms with E-state index >= 15 is 0 Å². The SMILES string of the molecule is CCCCCCCCCCCCCCN=C(c1cc(Cl)ccc1O)c1ccccc1Cl. The maximum Gasteiger partial charge on any atom is 0.125 e. The standard InChI is InChI=1S/C27H37Cl2NO/c1-2-3-4-5-6-7-8-9-10-11-12-15-20-30-27(23-16-13-14-17-25(23)29)24-21-22(28)18-19-26(24)31/h13-14,16-19,21,31H,2-12,15,20H2,1H3. The van der Waals surface area contributed by atoms with Gasteiger partial charge in [0.05, 0.1) is 5.71 Å². The second kappa shape index (κ2) is 15.3. The molecule has 2 aromatic rings. The Bertz CT molecular complexity index is 804. The minimum atomic E-state index is 0.165. The van der Waals surface area contributed by atoms with Crippen molar-refractivity contribution < 1.29 is 5.11 Å². The summed E-state index contributed by atoms with van der Waals surface area (Å²) in [7, 11) is 0. The summed E-state index contributed by atoms with van der Waals surface area (Å²) < 4.78 is 0. The smallest absolute Gasteiger partial charge is 0.125 e. The molecule has 4 heteroatoms. The van der Waals surface area contributed by atoms with Crippen LogP contribution >= 0.6 is 23.2 Å². The molecule has 0 heterocycles. The summed E-state index contributed by atoms with van der Waals surface area (Å²) in [5.41, 5.74) is 2.15. The number of unbranched alkanes of at least 4 members (excludes halogenated alkanes) is 11. The predicted octanol–water partition coefficient (Wildman–Crippen LogP) is 9.24. The summed E-state index contributed by atoms with van der Waals surface area (Å²) in [6, 6.07) is 12.6. The number of hydrogen-bond donors (Lipinski definition) is 1. The maximum absolute atomic E-state index is 10.4. The van der Waals surface area contributed by atoms with Gasteiger partial charge in [-0.1, -0.05) is 119 Å². The molecule has 0 aliphatic heterocycles. The van der Waals surface area contributed by atoms with Crippen LogP contribution in [0.2, 0.25) is 10.0 Å². The highest BCUT2D eigenvalue weighted by Gasteiger charge is 2.14. The molecule has 2 rings (SSSR count). The fourth-order valence-electron chi connectivity index (χ4n) is 3.81. The third kappa shape index (κ3) is 9.66. The molecule has 170 valence electrons. The highest BCUT2D eigenvalue weighted by molar-refractivity contribution is 6.36. The van der Waals surface area contributed by atoms with Crippen LogP contribution in [0.4, 0.5) is 0 Å². The number of hydrogen-bond acceptors (Lipinski definition) is 2. The van der Waals surface area contributed by atoms with E-state index in [0.717, 1.165) is 12.0 Å². The number of phenols is 1. The van der Waals surface area contributed by atoms with E-state index in [1.165, 1.54) is 70.6 Å². The highest BCUT2D eigenvalue weighted by Crippen LogP contribution is 2.28. The lowest BCUT2D eigenvalue weighted by molar-refractivity contribution is 0.474. The van der Waals surface area contributed by atoms with E-state index in [9.17, 15) is 5.11 Å². The van der Waals surface area contributed by atoms with Gasteiger partial charge in [-0.25, -0.2) is 0 Å². The molecule has 0 bridgehead atoms. The van der Waals surface area contributed by atoms with Crippen LogP contribution in [0.25, 0.3) is 0 Å². The van der Waals surface area contributed by atoms with E-state index in [0.29, 0.717) is 27.9 Å². The first-order valence-corrected chi connectivity index (χ1v) is 12.7. The Morgan fingerprint density at radius 2 is 1.32 bits per heavy atom. The molecule has 0 atom stereocenters. The van der Waals surface area contributed by atoms with Crippen molar-refractivity contribution >= 4 is 28.9 Å². The van der Waals surface area contributed by atoms with Crippen molar-refractivity contribution in [2.75, 3.05) is 6.54 Å². The van der Waals surface area contributed by atoms with Gasteiger partial charge in [-0.15, -0.1) is 0 Å². The Kier molecular flexibility index (Phi) is 12.7. The molecule has 0 aromatic heterocycles. The largest absolute Gasteiger partial charge is 0.507 e. The van der Waals surface area contributed by atoms with Gasteiger partial charge < -0.3 is 5.11 Å². The summed E-state index contributed by atoms with van der Waals surface area (Å²) in [5.74, 6) is 0.165. The molecule has 2 nitrogen and oxygen atoms in total. The zero-order valence-electron chi connectivity index (χ0n) is 18.9. The molecule has 0 aliphatic carbocycles. The number of nitrogens with zero attached hydrogens (tertiary/aromatic N) is 1. The van der Waals surface area contributed by atoms with Gasteiger partial charge in [0.1, 0.15) is 5.75 Å². The van der Waals surface area contributed by atoms with E-state index in [-0.39, 0.29) is 5.75 Å². The van der Waals surface area contributed by atoms with E-state index in [2.05, 4.69) is 6.92 Å². The maximum atomic E-state index is 10.4. The monoisotopic (exact) mass is 461 g/mol. The van der Waals surface area contributed by atoms with Gasteiger partial charge in [-0.3, -0.25) is 4.99 Å². The van der Waals surface area contributed by atoms with Crippen LogP contribution in [-0.2, 0) is 0 Å². The van der Waals surface area contributed by atoms with Gasteiger partial charge in [-0.2, -0.15) is 0 Å². The summed E-state index contributed by atoms with van der Waals surface area (Å²) >= 11 is 12.6. The Morgan fingerprint density at radius 1 is 0.742 bits per heavy atom. The molecular formula is C27H37Cl2NO. The lowest BCUT2D eigenvalue weighted by Crippen LogP contribution is -2.06. The third-order valence-electron chi connectivity index (χ3n) is 5.62. The van der Waals surface area contributed by atoms with E-state index in [1.54, 1.807) is 18.2 Å². The van der Waals surface area contributed by atoms with Crippen molar-refractivity contribution in [2.45, 2.75) is 84.0 Å². The van der Waals surface area contributed by atoms with Crippen LogP contribution in [0, 0.1) is 0 Å².